The maximum Gasteiger partial charge on any atom is 0.153 e. The molecule has 30 heavy (non-hydrogen) atoms. The molecule has 0 aliphatic heterocycles. The predicted octanol–water partition coefficient (Wildman–Crippen LogP) is 3.47. The molecule has 0 saturated heterocycles. The highest BCUT2D eigenvalue weighted by atomic mass is 16.1. The number of nitriles is 1. The lowest BCUT2D eigenvalue weighted by atomic mass is 9.51. The van der Waals surface area contributed by atoms with E-state index >= 15 is 0 Å². The van der Waals surface area contributed by atoms with E-state index in [1.165, 1.54) is 5.56 Å². The van der Waals surface area contributed by atoms with Crippen LogP contribution in [0.4, 0.5) is 0 Å². The maximum absolute atomic E-state index is 12.9. The molecule has 2 heterocycles. The molecule has 150 valence electrons. The first-order valence-corrected chi connectivity index (χ1v) is 10.4. The van der Waals surface area contributed by atoms with Crippen LogP contribution >= 0.6 is 0 Å². The highest BCUT2D eigenvalue weighted by Crippen LogP contribution is 2.56. The minimum absolute atomic E-state index is 0.0759. The van der Waals surface area contributed by atoms with Crippen molar-refractivity contribution < 1.29 is 4.79 Å². The molecule has 2 aromatic heterocycles. The average Bonchev–Trinajstić information content (AvgIpc) is 3.13. The molecular formula is C24H23N5O. The summed E-state index contributed by atoms with van der Waals surface area (Å²) in [4.78, 5) is 12.9. The van der Waals surface area contributed by atoms with Gasteiger partial charge in [0.05, 0.1) is 29.9 Å². The van der Waals surface area contributed by atoms with Crippen LogP contribution in [0.5, 0.6) is 0 Å². The van der Waals surface area contributed by atoms with E-state index in [9.17, 15) is 10.1 Å². The van der Waals surface area contributed by atoms with Crippen LogP contribution in [0, 0.1) is 29.1 Å². The fourth-order valence-electron chi connectivity index (χ4n) is 5.85. The van der Waals surface area contributed by atoms with Gasteiger partial charge in [-0.3, -0.25) is 9.48 Å². The Bertz CT molecular complexity index is 1150. The lowest BCUT2D eigenvalue weighted by Crippen LogP contribution is -2.52. The Morgan fingerprint density at radius 1 is 1.20 bits per heavy atom. The smallest absolute Gasteiger partial charge is 0.153 e. The Morgan fingerprint density at radius 3 is 2.70 bits per heavy atom. The minimum Gasteiger partial charge on any atom is -0.298 e. The van der Waals surface area contributed by atoms with E-state index in [0.29, 0.717) is 6.42 Å². The summed E-state index contributed by atoms with van der Waals surface area (Å²) in [6.45, 7) is 2.00. The van der Waals surface area contributed by atoms with E-state index in [1.807, 2.05) is 42.9 Å². The van der Waals surface area contributed by atoms with E-state index < -0.39 is 11.3 Å². The summed E-state index contributed by atoms with van der Waals surface area (Å²) in [5.41, 5.74) is 4.95. The lowest BCUT2D eigenvalue weighted by molar-refractivity contribution is -0.131. The minimum atomic E-state index is -0.615. The number of hydrogen-bond acceptors (Lipinski definition) is 5. The molecule has 0 radical (unpaired) electrons. The van der Waals surface area contributed by atoms with Crippen molar-refractivity contribution in [3.8, 4) is 17.3 Å². The molecule has 1 fully saturated rings. The van der Waals surface area contributed by atoms with Crippen LogP contribution in [0.15, 0.2) is 48.8 Å². The van der Waals surface area contributed by atoms with Gasteiger partial charge >= 0.3 is 0 Å². The second-order valence-corrected chi connectivity index (χ2v) is 8.49. The number of ketones is 1. The Labute approximate surface area is 175 Å². The fourth-order valence-corrected chi connectivity index (χ4v) is 5.85. The monoisotopic (exact) mass is 397 g/mol. The molecule has 1 unspecified atom stereocenters. The van der Waals surface area contributed by atoms with Gasteiger partial charge in [0.15, 0.2) is 5.78 Å². The second-order valence-electron chi connectivity index (χ2n) is 8.49. The Hall–Kier alpha value is -3.33. The van der Waals surface area contributed by atoms with Crippen molar-refractivity contribution in [3.63, 3.8) is 0 Å². The van der Waals surface area contributed by atoms with Gasteiger partial charge in [0.2, 0.25) is 0 Å². The van der Waals surface area contributed by atoms with Gasteiger partial charge in [0.25, 0.3) is 0 Å². The molecule has 0 bridgehead atoms. The standard InChI is InChI=1S/C24H23N5O/c1-15-20-9-8-19-21(16-10-11-26-27-14-16)29(2)28-23(19)24(20,12-17(13-25)22(15)30)18-6-4-3-5-7-18/h3-7,10-11,14-15,17,20H,8-9,12H2,1-2H3/t15-,17?,20-,24+/m0/s1. The molecule has 0 N–H and O–H groups in total. The largest absolute Gasteiger partial charge is 0.298 e. The van der Waals surface area contributed by atoms with Crippen molar-refractivity contribution in [2.24, 2.45) is 24.8 Å². The Kier molecular flexibility index (Phi) is 4.28. The van der Waals surface area contributed by atoms with Crippen LogP contribution in [0.2, 0.25) is 0 Å². The number of hydrogen-bond donors (Lipinski definition) is 0. The molecule has 2 aliphatic rings. The summed E-state index contributed by atoms with van der Waals surface area (Å²) in [5, 5.41) is 22.8. The summed E-state index contributed by atoms with van der Waals surface area (Å²) in [5.74, 6) is -0.588. The summed E-state index contributed by atoms with van der Waals surface area (Å²) in [6.07, 6.45) is 5.70. The van der Waals surface area contributed by atoms with Crippen LogP contribution < -0.4 is 0 Å². The van der Waals surface area contributed by atoms with Gasteiger partial charge in [0.1, 0.15) is 5.92 Å². The Balaban J connectivity index is 1.79. The van der Waals surface area contributed by atoms with Gasteiger partial charge in [0, 0.05) is 29.5 Å². The highest BCUT2D eigenvalue weighted by Gasteiger charge is 2.57. The fraction of sp³-hybridized carbons (Fsp3) is 0.375. The number of aryl methyl sites for hydroxylation is 1. The third-order valence-electron chi connectivity index (χ3n) is 7.13. The molecule has 3 aromatic rings. The third-order valence-corrected chi connectivity index (χ3v) is 7.13. The quantitative estimate of drug-likeness (QED) is 0.661. The van der Waals surface area contributed by atoms with Crippen LogP contribution in [-0.4, -0.2) is 25.8 Å². The van der Waals surface area contributed by atoms with E-state index in [2.05, 4.69) is 28.4 Å². The number of rotatable bonds is 2. The van der Waals surface area contributed by atoms with Gasteiger partial charge in [-0.25, -0.2) is 0 Å². The normalized spacial score (nSPS) is 27.8. The lowest BCUT2D eigenvalue weighted by Gasteiger charge is -2.50. The van der Waals surface area contributed by atoms with E-state index in [-0.39, 0.29) is 17.6 Å². The van der Waals surface area contributed by atoms with Crippen molar-refractivity contribution in [1.82, 2.24) is 20.0 Å². The number of carbonyl (C=O) groups excluding carboxylic acids is 1. The summed E-state index contributed by atoms with van der Waals surface area (Å²) in [7, 11) is 1.96. The topological polar surface area (TPSA) is 84.5 Å². The number of benzene rings is 1. The van der Waals surface area contributed by atoms with Gasteiger partial charge in [-0.2, -0.15) is 20.6 Å². The van der Waals surface area contributed by atoms with Crippen molar-refractivity contribution in [2.75, 3.05) is 0 Å². The molecule has 6 heteroatoms. The number of carbonyl (C=O) groups is 1. The summed E-state index contributed by atoms with van der Waals surface area (Å²) >= 11 is 0. The molecule has 4 atom stereocenters. The highest BCUT2D eigenvalue weighted by molar-refractivity contribution is 5.87. The van der Waals surface area contributed by atoms with E-state index in [4.69, 9.17) is 5.10 Å². The van der Waals surface area contributed by atoms with Crippen molar-refractivity contribution in [3.05, 3.63) is 65.6 Å². The van der Waals surface area contributed by atoms with Crippen molar-refractivity contribution in [1.29, 1.82) is 5.26 Å². The zero-order valence-corrected chi connectivity index (χ0v) is 17.1. The zero-order valence-electron chi connectivity index (χ0n) is 17.1. The number of Topliss-reactive ketones (excluding diaryl/α,β-unsaturated/α-hetero) is 1. The number of nitrogens with zero attached hydrogens (tertiary/aromatic N) is 5. The first-order chi connectivity index (χ1) is 14.6. The van der Waals surface area contributed by atoms with Crippen molar-refractivity contribution >= 4 is 5.78 Å². The maximum atomic E-state index is 12.9. The third kappa shape index (κ3) is 2.48. The molecular weight excluding hydrogens is 374 g/mol. The molecule has 2 aliphatic carbocycles. The van der Waals surface area contributed by atoms with Crippen molar-refractivity contribution in [2.45, 2.75) is 31.6 Å². The van der Waals surface area contributed by atoms with Crippen LogP contribution in [-0.2, 0) is 23.7 Å². The molecule has 0 amide bonds. The number of fused-ring (bicyclic) bond motifs is 3. The molecule has 1 saturated carbocycles. The summed E-state index contributed by atoms with van der Waals surface area (Å²) < 4.78 is 1.93. The van der Waals surface area contributed by atoms with Gasteiger partial charge in [-0.05, 0) is 36.8 Å². The average molecular weight is 397 g/mol. The molecule has 5 rings (SSSR count). The first-order valence-electron chi connectivity index (χ1n) is 10.4. The van der Waals surface area contributed by atoms with Gasteiger partial charge in [-0.15, -0.1) is 0 Å². The number of aromatic nitrogens is 4. The van der Waals surface area contributed by atoms with Crippen LogP contribution in [0.3, 0.4) is 0 Å². The first kappa shape index (κ1) is 18.7. The van der Waals surface area contributed by atoms with E-state index in [0.717, 1.165) is 35.4 Å². The predicted molar refractivity (Wildman–Crippen MR) is 111 cm³/mol. The van der Waals surface area contributed by atoms with Crippen LogP contribution in [0.1, 0.15) is 36.6 Å². The second kappa shape index (κ2) is 6.88. The summed E-state index contributed by atoms with van der Waals surface area (Å²) in [6, 6.07) is 14.6. The van der Waals surface area contributed by atoms with Crippen LogP contribution in [0.25, 0.3) is 11.3 Å². The van der Waals surface area contributed by atoms with Gasteiger partial charge in [-0.1, -0.05) is 37.3 Å². The zero-order chi connectivity index (χ0) is 20.9. The molecule has 6 nitrogen and oxygen atoms in total. The Morgan fingerprint density at radius 2 is 2.00 bits per heavy atom. The van der Waals surface area contributed by atoms with E-state index in [1.54, 1.807) is 12.4 Å². The molecule has 1 aromatic carbocycles. The van der Waals surface area contributed by atoms with Gasteiger partial charge < -0.3 is 0 Å². The SMILES string of the molecule is C[C@@H]1C(=O)C(C#N)C[C@]2(c3ccccc3)c3nn(C)c(-c4ccnnc4)c3CC[C@@H]12. The molecule has 0 spiro atoms.